The van der Waals surface area contributed by atoms with Gasteiger partial charge in [-0.1, -0.05) is 18.2 Å². The van der Waals surface area contributed by atoms with Crippen LogP contribution in [0.3, 0.4) is 0 Å². The first-order valence-electron chi connectivity index (χ1n) is 4.82. The zero-order valence-corrected chi connectivity index (χ0v) is 9.05. The number of carboxylic acid groups (broad SMARTS) is 1. The van der Waals surface area contributed by atoms with E-state index >= 15 is 0 Å². The lowest BCUT2D eigenvalue weighted by Crippen LogP contribution is -2.03. The maximum absolute atomic E-state index is 10.9. The van der Waals surface area contributed by atoms with Crippen LogP contribution in [0.5, 0.6) is 0 Å². The second-order valence-electron chi connectivity index (χ2n) is 3.08. The molecule has 0 fully saturated rings. The molecule has 4 nitrogen and oxygen atoms in total. The summed E-state index contributed by atoms with van der Waals surface area (Å²) in [6.45, 7) is 0.665. The molecule has 0 bridgehead atoms. The van der Waals surface area contributed by atoms with Gasteiger partial charge in [-0.15, -0.1) is 0 Å². The topological polar surface area (TPSA) is 55.8 Å². The number of rotatable bonds is 6. The second-order valence-corrected chi connectivity index (χ2v) is 3.08. The van der Waals surface area contributed by atoms with Crippen molar-refractivity contribution < 1.29 is 19.4 Å². The highest BCUT2D eigenvalue weighted by Gasteiger charge is 2.07. The van der Waals surface area contributed by atoms with Crippen molar-refractivity contribution in [3.63, 3.8) is 0 Å². The summed E-state index contributed by atoms with van der Waals surface area (Å²) in [5.74, 6) is -0.938. The Morgan fingerprint density at radius 2 is 2.19 bits per heavy atom. The number of methoxy groups -OCH3 is 1. The van der Waals surface area contributed by atoms with Gasteiger partial charge in [0.25, 0.3) is 0 Å². The fourth-order valence-electron chi connectivity index (χ4n) is 1.23. The van der Waals surface area contributed by atoms with E-state index in [2.05, 4.69) is 0 Å². The molecule has 0 aliphatic rings. The molecule has 1 aromatic carbocycles. The maximum atomic E-state index is 10.9. The van der Waals surface area contributed by atoms with E-state index in [9.17, 15) is 4.79 Å². The molecule has 4 heteroatoms. The highest BCUT2D eigenvalue weighted by atomic mass is 16.5. The largest absolute Gasteiger partial charge is 0.505 e. The normalized spacial score (nSPS) is 10.6. The second kappa shape index (κ2) is 6.63. The van der Waals surface area contributed by atoms with E-state index in [0.717, 1.165) is 0 Å². The average Bonchev–Trinajstić information content (AvgIpc) is 2.29. The van der Waals surface area contributed by atoms with Gasteiger partial charge in [-0.2, -0.15) is 0 Å². The van der Waals surface area contributed by atoms with Gasteiger partial charge in [-0.05, 0) is 17.7 Å². The van der Waals surface area contributed by atoms with Crippen LogP contribution in [-0.4, -0.2) is 24.8 Å². The number of carboxylic acids is 1. The SMILES string of the molecule is COC=CCOCc1ccccc1C(=O)O. The van der Waals surface area contributed by atoms with Crippen molar-refractivity contribution in [2.75, 3.05) is 13.7 Å². The third-order valence-electron chi connectivity index (χ3n) is 1.95. The Kier molecular flexibility index (Phi) is 5.08. The summed E-state index contributed by atoms with van der Waals surface area (Å²) in [5.41, 5.74) is 0.944. The van der Waals surface area contributed by atoms with E-state index in [1.54, 1.807) is 37.5 Å². The highest BCUT2D eigenvalue weighted by molar-refractivity contribution is 5.89. The molecule has 1 rings (SSSR count). The summed E-state index contributed by atoms with van der Waals surface area (Å²) in [5, 5.41) is 8.92. The van der Waals surface area contributed by atoms with E-state index in [1.807, 2.05) is 0 Å². The Hall–Kier alpha value is -1.81. The molecular formula is C12H14O4. The van der Waals surface area contributed by atoms with Gasteiger partial charge in [0.2, 0.25) is 0 Å². The van der Waals surface area contributed by atoms with E-state index in [1.165, 1.54) is 6.26 Å². The summed E-state index contributed by atoms with van der Waals surface area (Å²) in [6.07, 6.45) is 3.23. The highest BCUT2D eigenvalue weighted by Crippen LogP contribution is 2.09. The number of ether oxygens (including phenoxy) is 2. The van der Waals surface area contributed by atoms with Gasteiger partial charge < -0.3 is 14.6 Å². The zero-order chi connectivity index (χ0) is 11.8. The monoisotopic (exact) mass is 222 g/mol. The summed E-state index contributed by atoms with van der Waals surface area (Å²) >= 11 is 0. The average molecular weight is 222 g/mol. The number of benzene rings is 1. The summed E-state index contributed by atoms with van der Waals surface area (Å²) in [7, 11) is 1.55. The van der Waals surface area contributed by atoms with Gasteiger partial charge in [0.05, 0.1) is 32.1 Å². The van der Waals surface area contributed by atoms with E-state index < -0.39 is 5.97 Å². The Bertz CT molecular complexity index is 371. The van der Waals surface area contributed by atoms with Crippen LogP contribution in [-0.2, 0) is 16.1 Å². The molecule has 0 spiro atoms. The lowest BCUT2D eigenvalue weighted by molar-refractivity contribution is 0.0690. The van der Waals surface area contributed by atoms with Crippen LogP contribution < -0.4 is 0 Å². The minimum absolute atomic E-state index is 0.274. The van der Waals surface area contributed by atoms with Crippen LogP contribution in [0.1, 0.15) is 15.9 Å². The summed E-state index contributed by atoms with van der Waals surface area (Å²) < 4.78 is 9.98. The molecule has 0 atom stereocenters. The van der Waals surface area contributed by atoms with E-state index in [-0.39, 0.29) is 12.2 Å². The van der Waals surface area contributed by atoms with Crippen LogP contribution in [0.4, 0.5) is 0 Å². The van der Waals surface area contributed by atoms with Crippen LogP contribution in [0.2, 0.25) is 0 Å². The van der Waals surface area contributed by atoms with Gasteiger partial charge in [-0.25, -0.2) is 4.79 Å². The van der Waals surface area contributed by atoms with Crippen LogP contribution in [0.25, 0.3) is 0 Å². The van der Waals surface area contributed by atoms with Crippen molar-refractivity contribution in [1.29, 1.82) is 0 Å². The summed E-state index contributed by atoms with van der Waals surface area (Å²) in [6, 6.07) is 6.78. The van der Waals surface area contributed by atoms with Crippen LogP contribution in [0.15, 0.2) is 36.6 Å². The molecule has 1 N–H and O–H groups in total. The van der Waals surface area contributed by atoms with Gasteiger partial charge in [0, 0.05) is 0 Å². The van der Waals surface area contributed by atoms with Crippen LogP contribution in [0, 0.1) is 0 Å². The van der Waals surface area contributed by atoms with Crippen molar-refractivity contribution in [2.45, 2.75) is 6.61 Å². The lowest BCUT2D eigenvalue weighted by atomic mass is 10.1. The van der Waals surface area contributed by atoms with Gasteiger partial charge >= 0.3 is 5.97 Å². The van der Waals surface area contributed by atoms with Crippen molar-refractivity contribution >= 4 is 5.97 Å². The molecule has 0 radical (unpaired) electrons. The molecule has 0 aliphatic carbocycles. The zero-order valence-electron chi connectivity index (χ0n) is 9.05. The Morgan fingerprint density at radius 3 is 2.88 bits per heavy atom. The maximum Gasteiger partial charge on any atom is 0.336 e. The molecular weight excluding hydrogens is 208 g/mol. The quantitative estimate of drug-likeness (QED) is 0.591. The first-order chi connectivity index (χ1) is 7.75. The van der Waals surface area contributed by atoms with Crippen molar-refractivity contribution in [3.05, 3.63) is 47.7 Å². The van der Waals surface area contributed by atoms with Crippen LogP contribution >= 0.6 is 0 Å². The predicted octanol–water partition coefficient (Wildman–Crippen LogP) is 2.06. The molecule has 1 aromatic rings. The molecule has 16 heavy (non-hydrogen) atoms. The third-order valence-corrected chi connectivity index (χ3v) is 1.95. The molecule has 0 aliphatic heterocycles. The number of hydrogen-bond acceptors (Lipinski definition) is 3. The minimum Gasteiger partial charge on any atom is -0.505 e. The first kappa shape index (κ1) is 12.3. The first-order valence-corrected chi connectivity index (χ1v) is 4.82. The standard InChI is InChI=1S/C12H14O4/c1-15-7-4-8-16-9-10-5-2-3-6-11(10)12(13)14/h2-7H,8-9H2,1H3,(H,13,14). The number of aromatic carboxylic acids is 1. The fraction of sp³-hybridized carbons (Fsp3) is 0.250. The number of carbonyl (C=O) groups is 1. The molecule has 0 aromatic heterocycles. The Labute approximate surface area is 94.1 Å². The minimum atomic E-state index is -0.938. The summed E-state index contributed by atoms with van der Waals surface area (Å²) in [4.78, 5) is 10.9. The van der Waals surface area contributed by atoms with Crippen molar-refractivity contribution in [2.24, 2.45) is 0 Å². The van der Waals surface area contributed by atoms with Crippen molar-refractivity contribution in [3.8, 4) is 0 Å². The molecule has 0 amide bonds. The third kappa shape index (κ3) is 3.74. The fourth-order valence-corrected chi connectivity index (χ4v) is 1.23. The van der Waals surface area contributed by atoms with E-state index in [0.29, 0.717) is 12.2 Å². The Morgan fingerprint density at radius 1 is 1.44 bits per heavy atom. The molecule has 86 valence electrons. The molecule has 0 saturated heterocycles. The van der Waals surface area contributed by atoms with Gasteiger partial charge in [0.15, 0.2) is 0 Å². The lowest BCUT2D eigenvalue weighted by Gasteiger charge is -2.05. The Balaban J connectivity index is 2.53. The number of hydrogen-bond donors (Lipinski definition) is 1. The van der Waals surface area contributed by atoms with Gasteiger partial charge in [-0.3, -0.25) is 0 Å². The molecule has 0 unspecified atom stereocenters. The molecule has 0 heterocycles. The van der Waals surface area contributed by atoms with E-state index in [4.69, 9.17) is 14.6 Å². The van der Waals surface area contributed by atoms with Crippen molar-refractivity contribution in [1.82, 2.24) is 0 Å². The molecule has 0 saturated carbocycles. The smallest absolute Gasteiger partial charge is 0.336 e. The predicted molar refractivity (Wildman–Crippen MR) is 59.2 cm³/mol. The van der Waals surface area contributed by atoms with Gasteiger partial charge in [0.1, 0.15) is 0 Å².